The molecular formula is C37H42N2S2. The molecule has 0 amide bonds. The summed E-state index contributed by atoms with van der Waals surface area (Å²) >= 11 is 3.67. The Morgan fingerprint density at radius 2 is 1.44 bits per heavy atom. The molecule has 6 rings (SSSR count). The third-order valence-electron chi connectivity index (χ3n) is 8.81. The Labute approximate surface area is 253 Å². The first-order valence-electron chi connectivity index (χ1n) is 15.3. The van der Waals surface area contributed by atoms with E-state index in [-0.39, 0.29) is 6.04 Å². The molecule has 1 saturated carbocycles. The summed E-state index contributed by atoms with van der Waals surface area (Å²) in [6.07, 6.45) is 6.59. The van der Waals surface area contributed by atoms with Gasteiger partial charge in [-0.15, -0.1) is 22.7 Å². The smallest absolute Gasteiger partial charge is 0.120 e. The number of hydrogen-bond acceptors (Lipinski definition) is 4. The number of aromatic nitrogens is 1. The van der Waals surface area contributed by atoms with E-state index in [0.717, 1.165) is 10.7 Å². The lowest BCUT2D eigenvalue weighted by Gasteiger charge is -2.30. The van der Waals surface area contributed by atoms with Gasteiger partial charge in [-0.2, -0.15) is 0 Å². The van der Waals surface area contributed by atoms with Gasteiger partial charge in [0.2, 0.25) is 0 Å². The molecule has 0 aliphatic heterocycles. The summed E-state index contributed by atoms with van der Waals surface area (Å²) in [5.74, 6) is 1.48. The van der Waals surface area contributed by atoms with Crippen molar-refractivity contribution >= 4 is 38.4 Å². The molecule has 1 aliphatic rings. The standard InChI is InChI=1S/C37H42N2S2/c1-23(2)27-19-13-20-28(24(3)4)35(27)39-36(30-17-10-9-16-29(30)26-14-7-6-8-15-26)37-38-32(22-40-37)34-25(5)41-33-21-12-11-18-31(33)34/h9-13,16-24,26,36,39H,6-8,14-15H2,1-5H3. The van der Waals surface area contributed by atoms with Gasteiger partial charge in [-0.1, -0.05) is 108 Å². The number of benzene rings is 3. The minimum Gasteiger partial charge on any atom is -0.372 e. The molecule has 5 aromatic rings. The van der Waals surface area contributed by atoms with Crippen molar-refractivity contribution in [3.05, 3.63) is 104 Å². The molecule has 1 fully saturated rings. The topological polar surface area (TPSA) is 24.9 Å². The zero-order chi connectivity index (χ0) is 28.5. The second-order valence-corrected chi connectivity index (χ2v) is 14.4. The highest BCUT2D eigenvalue weighted by Gasteiger charge is 2.28. The lowest BCUT2D eigenvalue weighted by Crippen LogP contribution is -2.19. The average Bonchev–Trinajstić information content (AvgIpc) is 3.59. The lowest BCUT2D eigenvalue weighted by molar-refractivity contribution is 0.441. The number of thiazole rings is 1. The van der Waals surface area contributed by atoms with Crippen molar-refractivity contribution in [1.29, 1.82) is 0 Å². The predicted octanol–water partition coefficient (Wildman–Crippen LogP) is 11.8. The van der Waals surface area contributed by atoms with Crippen molar-refractivity contribution in [2.75, 3.05) is 5.32 Å². The highest BCUT2D eigenvalue weighted by atomic mass is 32.1. The van der Waals surface area contributed by atoms with Gasteiger partial charge in [-0.3, -0.25) is 0 Å². The van der Waals surface area contributed by atoms with Crippen LogP contribution in [0.25, 0.3) is 21.3 Å². The summed E-state index contributed by atoms with van der Waals surface area (Å²) in [6.45, 7) is 11.5. The molecule has 0 saturated heterocycles. The Bertz CT molecular complexity index is 1610. The van der Waals surface area contributed by atoms with Crippen molar-refractivity contribution < 1.29 is 0 Å². The Kier molecular flexibility index (Phi) is 8.33. The molecule has 4 heteroatoms. The van der Waals surface area contributed by atoms with Crippen LogP contribution >= 0.6 is 22.7 Å². The van der Waals surface area contributed by atoms with Gasteiger partial charge in [-0.05, 0) is 65.8 Å². The number of aryl methyl sites for hydroxylation is 1. The maximum Gasteiger partial charge on any atom is 0.120 e. The predicted molar refractivity (Wildman–Crippen MR) is 180 cm³/mol. The van der Waals surface area contributed by atoms with Crippen molar-refractivity contribution in [2.45, 2.75) is 90.5 Å². The van der Waals surface area contributed by atoms with Crippen LogP contribution in [-0.2, 0) is 0 Å². The monoisotopic (exact) mass is 578 g/mol. The molecule has 41 heavy (non-hydrogen) atoms. The van der Waals surface area contributed by atoms with Gasteiger partial charge in [0, 0.05) is 31.6 Å². The van der Waals surface area contributed by atoms with Gasteiger partial charge in [0.1, 0.15) is 11.0 Å². The first kappa shape index (κ1) is 28.2. The van der Waals surface area contributed by atoms with Gasteiger partial charge >= 0.3 is 0 Å². The number of nitrogens with zero attached hydrogens (tertiary/aromatic N) is 1. The molecule has 2 heterocycles. The lowest BCUT2D eigenvalue weighted by atomic mass is 9.80. The van der Waals surface area contributed by atoms with E-state index in [2.05, 4.69) is 112 Å². The molecule has 1 unspecified atom stereocenters. The second kappa shape index (κ2) is 12.1. The van der Waals surface area contributed by atoms with Gasteiger partial charge in [0.25, 0.3) is 0 Å². The fourth-order valence-electron chi connectivity index (χ4n) is 6.71. The van der Waals surface area contributed by atoms with Crippen LogP contribution in [0.5, 0.6) is 0 Å². The molecule has 212 valence electrons. The van der Waals surface area contributed by atoms with Gasteiger partial charge < -0.3 is 5.32 Å². The maximum absolute atomic E-state index is 5.43. The van der Waals surface area contributed by atoms with E-state index >= 15 is 0 Å². The van der Waals surface area contributed by atoms with Crippen LogP contribution in [0.1, 0.15) is 116 Å². The molecule has 1 atom stereocenters. The molecule has 1 aliphatic carbocycles. The van der Waals surface area contributed by atoms with Gasteiger partial charge in [0.15, 0.2) is 0 Å². The fourth-order valence-corrected chi connectivity index (χ4v) is 8.66. The normalized spacial score (nSPS) is 15.2. The number of nitrogens with one attached hydrogen (secondary N) is 1. The Hall–Kier alpha value is -2.95. The molecule has 2 nitrogen and oxygen atoms in total. The van der Waals surface area contributed by atoms with E-state index in [1.54, 1.807) is 11.3 Å². The number of hydrogen-bond donors (Lipinski definition) is 1. The number of rotatable bonds is 8. The van der Waals surface area contributed by atoms with Crippen LogP contribution in [0.15, 0.2) is 72.1 Å². The van der Waals surface area contributed by atoms with E-state index in [9.17, 15) is 0 Å². The Balaban J connectivity index is 1.51. The summed E-state index contributed by atoms with van der Waals surface area (Å²) in [4.78, 5) is 6.77. The minimum atomic E-state index is -0.00511. The van der Waals surface area contributed by atoms with Crippen LogP contribution in [-0.4, -0.2) is 4.98 Å². The first-order valence-corrected chi connectivity index (χ1v) is 17.0. The first-order chi connectivity index (χ1) is 19.9. The van der Waals surface area contributed by atoms with Gasteiger partial charge in [-0.25, -0.2) is 4.98 Å². The van der Waals surface area contributed by atoms with Crippen LogP contribution < -0.4 is 5.32 Å². The molecule has 0 spiro atoms. The van der Waals surface area contributed by atoms with Crippen molar-refractivity contribution in [1.82, 2.24) is 4.98 Å². The highest BCUT2D eigenvalue weighted by molar-refractivity contribution is 7.19. The van der Waals surface area contributed by atoms with Crippen molar-refractivity contribution in [3.8, 4) is 11.3 Å². The molecule has 0 radical (unpaired) electrons. The fraction of sp³-hybridized carbons (Fsp3) is 0.378. The van der Waals surface area contributed by atoms with Crippen LogP contribution in [0, 0.1) is 6.92 Å². The summed E-state index contributed by atoms with van der Waals surface area (Å²) in [6, 6.07) is 24.8. The van der Waals surface area contributed by atoms with Crippen LogP contribution in [0.3, 0.4) is 0 Å². The Morgan fingerprint density at radius 1 is 0.780 bits per heavy atom. The van der Waals surface area contributed by atoms with E-state index in [1.165, 1.54) is 80.6 Å². The zero-order valence-corrected chi connectivity index (χ0v) is 26.7. The SMILES string of the molecule is Cc1sc2ccccc2c1-c1csc(C(Nc2c(C(C)C)cccc2C(C)C)c2ccccc2C2CCCCC2)n1. The molecule has 1 N–H and O–H groups in total. The third-order valence-corrected chi connectivity index (χ3v) is 10.8. The quantitative estimate of drug-likeness (QED) is 0.198. The third kappa shape index (κ3) is 5.61. The van der Waals surface area contributed by atoms with E-state index in [1.807, 2.05) is 11.3 Å². The zero-order valence-electron chi connectivity index (χ0n) is 25.0. The second-order valence-electron chi connectivity index (χ2n) is 12.3. The molecule has 2 aromatic heterocycles. The molecule has 3 aromatic carbocycles. The highest BCUT2D eigenvalue weighted by Crippen LogP contribution is 2.44. The number of fused-ring (bicyclic) bond motifs is 1. The summed E-state index contributed by atoms with van der Waals surface area (Å²) < 4.78 is 1.33. The summed E-state index contributed by atoms with van der Waals surface area (Å²) in [5.41, 5.74) is 9.34. The van der Waals surface area contributed by atoms with Crippen molar-refractivity contribution in [3.63, 3.8) is 0 Å². The van der Waals surface area contributed by atoms with Crippen LogP contribution in [0.4, 0.5) is 5.69 Å². The van der Waals surface area contributed by atoms with Gasteiger partial charge in [0.05, 0.1) is 5.69 Å². The van der Waals surface area contributed by atoms with E-state index in [4.69, 9.17) is 4.98 Å². The summed E-state index contributed by atoms with van der Waals surface area (Å²) in [7, 11) is 0. The largest absolute Gasteiger partial charge is 0.372 e. The van der Waals surface area contributed by atoms with E-state index < -0.39 is 0 Å². The summed E-state index contributed by atoms with van der Waals surface area (Å²) in [5, 5.41) is 8.89. The average molecular weight is 579 g/mol. The molecule has 0 bridgehead atoms. The number of thiophene rings is 1. The molecular weight excluding hydrogens is 537 g/mol. The Morgan fingerprint density at radius 3 is 2.17 bits per heavy atom. The van der Waals surface area contributed by atoms with Crippen molar-refractivity contribution in [2.24, 2.45) is 0 Å². The number of anilines is 1. The minimum absolute atomic E-state index is 0.00511. The van der Waals surface area contributed by atoms with E-state index in [0.29, 0.717) is 17.8 Å². The van der Waals surface area contributed by atoms with Crippen LogP contribution in [0.2, 0.25) is 0 Å². The maximum atomic E-state index is 5.43. The number of para-hydroxylation sites is 1.